The normalized spacial score (nSPS) is 14.8. The molecular weight excluding hydrogens is 516 g/mol. The van der Waals surface area contributed by atoms with E-state index < -0.39 is 24.6 Å². The van der Waals surface area contributed by atoms with Gasteiger partial charge in [-0.05, 0) is 36.6 Å². The van der Waals surface area contributed by atoms with Gasteiger partial charge in [0.05, 0.1) is 21.3 Å². The van der Waals surface area contributed by atoms with Crippen molar-refractivity contribution in [2.75, 3.05) is 11.9 Å². The molecule has 4 rings (SSSR count). The van der Waals surface area contributed by atoms with Crippen molar-refractivity contribution in [1.82, 2.24) is 14.5 Å². The Bertz CT molecular complexity index is 1290. The van der Waals surface area contributed by atoms with Crippen LogP contribution in [0.25, 0.3) is 11.2 Å². The topological polar surface area (TPSA) is 69.0 Å². The average Bonchev–Trinajstić information content (AvgIpc) is 3.17. The minimum absolute atomic E-state index is 0.0136. The Morgan fingerprint density at radius 3 is 2.67 bits per heavy atom. The first-order chi connectivity index (χ1) is 17.2. The zero-order chi connectivity index (χ0) is 25.8. The van der Waals surface area contributed by atoms with Crippen LogP contribution >= 0.6 is 23.2 Å². The molecule has 0 saturated heterocycles. The molecule has 11 heteroatoms. The molecule has 2 heterocycles. The van der Waals surface area contributed by atoms with Crippen LogP contribution < -0.4 is 10.1 Å². The quantitative estimate of drug-likeness (QED) is 0.173. The Morgan fingerprint density at radius 1 is 1.22 bits per heavy atom. The fraction of sp³-hybridized carbons (Fsp3) is 0.400. The molecule has 3 aromatic rings. The van der Waals surface area contributed by atoms with Gasteiger partial charge in [0.1, 0.15) is 5.52 Å². The molecule has 1 fully saturated rings. The van der Waals surface area contributed by atoms with Crippen molar-refractivity contribution < 1.29 is 22.7 Å². The molecule has 0 aliphatic heterocycles. The van der Waals surface area contributed by atoms with Crippen molar-refractivity contribution in [3.05, 3.63) is 51.8 Å². The summed E-state index contributed by atoms with van der Waals surface area (Å²) in [5.41, 5.74) is 0.452. The molecule has 0 atom stereocenters. The first kappa shape index (κ1) is 26.3. The Labute approximate surface area is 216 Å². The predicted octanol–water partition coefficient (Wildman–Crippen LogP) is 7.51. The number of hydrogen-bond acceptors (Lipinski definition) is 5. The molecule has 0 bridgehead atoms. The number of rotatable bonds is 9. The third-order valence-electron chi connectivity index (χ3n) is 6.17. The first-order valence-electron chi connectivity index (χ1n) is 11.6. The summed E-state index contributed by atoms with van der Waals surface area (Å²) in [6.45, 7) is -0.920. The molecule has 36 heavy (non-hydrogen) atoms. The lowest BCUT2D eigenvalue weighted by Gasteiger charge is -2.19. The van der Waals surface area contributed by atoms with E-state index in [0.717, 1.165) is 19.3 Å². The SMILES string of the molecule is Cn1c(Nc2c(Cl)ccc(Cl)c2F)nc2cc(C(=O)C=CCC3CCCCC3)c(OCC(F)F)nc21. The highest BCUT2D eigenvalue weighted by Gasteiger charge is 2.21. The van der Waals surface area contributed by atoms with E-state index in [1.807, 2.05) is 6.08 Å². The lowest BCUT2D eigenvalue weighted by atomic mass is 9.87. The summed E-state index contributed by atoms with van der Waals surface area (Å²) < 4.78 is 46.9. The number of alkyl halides is 2. The lowest BCUT2D eigenvalue weighted by molar-refractivity contribution is 0.0783. The fourth-order valence-corrected chi connectivity index (χ4v) is 4.62. The van der Waals surface area contributed by atoms with Gasteiger partial charge in [0, 0.05) is 7.05 Å². The number of hydrogen-bond donors (Lipinski definition) is 1. The summed E-state index contributed by atoms with van der Waals surface area (Å²) in [6.07, 6.45) is 7.17. The van der Waals surface area contributed by atoms with E-state index in [2.05, 4.69) is 15.3 Å². The number of halogens is 5. The molecule has 1 N–H and O–H groups in total. The smallest absolute Gasteiger partial charge is 0.272 e. The average molecular weight is 541 g/mol. The summed E-state index contributed by atoms with van der Waals surface area (Å²) in [7, 11) is 1.59. The zero-order valence-corrected chi connectivity index (χ0v) is 21.1. The number of nitrogens with one attached hydrogen (secondary N) is 1. The minimum Gasteiger partial charge on any atom is -0.471 e. The van der Waals surface area contributed by atoms with Crippen LogP contribution in [0.15, 0.2) is 30.4 Å². The van der Waals surface area contributed by atoms with E-state index in [1.54, 1.807) is 7.05 Å². The molecule has 6 nitrogen and oxygen atoms in total. The highest BCUT2D eigenvalue weighted by atomic mass is 35.5. The van der Waals surface area contributed by atoms with Gasteiger partial charge < -0.3 is 10.1 Å². The number of aryl methyl sites for hydroxylation is 1. The lowest BCUT2D eigenvalue weighted by Crippen LogP contribution is -2.12. The third kappa shape index (κ3) is 5.95. The molecular formula is C25H25Cl2F3N4O2. The van der Waals surface area contributed by atoms with Gasteiger partial charge in [0.15, 0.2) is 23.9 Å². The van der Waals surface area contributed by atoms with Crippen LogP contribution in [-0.2, 0) is 7.05 Å². The van der Waals surface area contributed by atoms with Crippen LogP contribution in [0.4, 0.5) is 24.8 Å². The van der Waals surface area contributed by atoms with Crippen LogP contribution in [0.5, 0.6) is 5.88 Å². The number of nitrogens with zero attached hydrogens (tertiary/aromatic N) is 3. The van der Waals surface area contributed by atoms with Gasteiger partial charge in [-0.2, -0.15) is 4.98 Å². The zero-order valence-electron chi connectivity index (χ0n) is 19.5. The van der Waals surface area contributed by atoms with Crippen LogP contribution in [0.3, 0.4) is 0 Å². The number of carbonyl (C=O) groups is 1. The molecule has 0 unspecified atom stereocenters. The summed E-state index contributed by atoms with van der Waals surface area (Å²) in [5, 5.41) is 2.74. The highest BCUT2D eigenvalue weighted by molar-refractivity contribution is 6.35. The molecule has 1 aliphatic carbocycles. The standard InChI is InChI=1S/C25H25Cl2F3N4O2/c1-34-23-18(31-25(34)32-22-17(27)11-10-16(26)21(22)30)12-15(24(33-23)36-13-20(28)29)19(35)9-5-8-14-6-3-2-4-7-14/h5,9-12,14,20H,2-4,6-8,13H2,1H3,(H,31,32). The number of carbonyl (C=O) groups excluding carboxylic acids is 1. The number of aromatic nitrogens is 3. The van der Waals surface area contributed by atoms with Crippen LogP contribution in [0.1, 0.15) is 48.9 Å². The van der Waals surface area contributed by atoms with Crippen molar-refractivity contribution in [1.29, 1.82) is 0 Å². The Balaban J connectivity index is 1.66. The van der Waals surface area contributed by atoms with Crippen molar-refractivity contribution in [3.8, 4) is 5.88 Å². The van der Waals surface area contributed by atoms with E-state index >= 15 is 0 Å². The number of fused-ring (bicyclic) bond motifs is 1. The van der Waals surface area contributed by atoms with Gasteiger partial charge in [-0.15, -0.1) is 0 Å². The molecule has 1 aromatic carbocycles. The minimum atomic E-state index is -2.75. The predicted molar refractivity (Wildman–Crippen MR) is 134 cm³/mol. The number of pyridine rings is 1. The molecule has 2 aromatic heterocycles. The van der Waals surface area contributed by atoms with E-state index in [1.165, 1.54) is 48.1 Å². The van der Waals surface area contributed by atoms with E-state index in [-0.39, 0.29) is 44.3 Å². The Hall–Kier alpha value is -2.78. The summed E-state index contributed by atoms with van der Waals surface area (Å²) in [5.74, 6) is -0.715. The van der Waals surface area contributed by atoms with Gasteiger partial charge in [-0.1, -0.05) is 61.4 Å². The maximum Gasteiger partial charge on any atom is 0.272 e. The van der Waals surface area contributed by atoms with Crippen molar-refractivity contribution in [3.63, 3.8) is 0 Å². The number of ether oxygens (including phenoxy) is 1. The molecule has 1 saturated carbocycles. The van der Waals surface area contributed by atoms with Gasteiger partial charge in [-0.25, -0.2) is 18.2 Å². The number of anilines is 2. The first-order valence-corrected chi connectivity index (χ1v) is 12.4. The number of imidazole rings is 1. The number of ketones is 1. The Kier molecular flexibility index (Phi) is 8.41. The van der Waals surface area contributed by atoms with Crippen LogP contribution in [0, 0.1) is 11.7 Å². The summed E-state index contributed by atoms with van der Waals surface area (Å²) >= 11 is 12.0. The van der Waals surface area contributed by atoms with Gasteiger partial charge >= 0.3 is 0 Å². The summed E-state index contributed by atoms with van der Waals surface area (Å²) in [6, 6.07) is 4.19. The van der Waals surface area contributed by atoms with E-state index in [0.29, 0.717) is 5.92 Å². The second kappa shape index (κ2) is 11.5. The monoisotopic (exact) mass is 540 g/mol. The fourth-order valence-electron chi connectivity index (χ4n) is 4.27. The maximum atomic E-state index is 14.5. The molecule has 192 valence electrons. The highest BCUT2D eigenvalue weighted by Crippen LogP contribution is 2.34. The van der Waals surface area contributed by atoms with Gasteiger partial charge in [0.25, 0.3) is 6.43 Å². The van der Waals surface area contributed by atoms with Crippen molar-refractivity contribution in [2.45, 2.75) is 45.0 Å². The van der Waals surface area contributed by atoms with Crippen molar-refractivity contribution >= 4 is 51.8 Å². The second-order valence-corrected chi connectivity index (χ2v) is 9.54. The third-order valence-corrected chi connectivity index (χ3v) is 6.77. The van der Waals surface area contributed by atoms with Crippen LogP contribution in [-0.4, -0.2) is 33.4 Å². The van der Waals surface area contributed by atoms with E-state index in [4.69, 9.17) is 27.9 Å². The largest absolute Gasteiger partial charge is 0.471 e. The Morgan fingerprint density at radius 2 is 1.94 bits per heavy atom. The van der Waals surface area contributed by atoms with Gasteiger partial charge in [-0.3, -0.25) is 9.36 Å². The molecule has 0 amide bonds. The molecule has 1 aliphatic rings. The van der Waals surface area contributed by atoms with Crippen LogP contribution in [0.2, 0.25) is 10.0 Å². The molecule has 0 radical (unpaired) electrons. The van der Waals surface area contributed by atoms with E-state index in [9.17, 15) is 18.0 Å². The summed E-state index contributed by atoms with van der Waals surface area (Å²) in [4.78, 5) is 21.7. The number of benzene rings is 1. The van der Waals surface area contributed by atoms with Crippen molar-refractivity contribution in [2.24, 2.45) is 13.0 Å². The maximum absolute atomic E-state index is 14.5. The van der Waals surface area contributed by atoms with Gasteiger partial charge in [0.2, 0.25) is 11.8 Å². The second-order valence-electron chi connectivity index (χ2n) is 8.73. The molecule has 0 spiro atoms. The number of allylic oxidation sites excluding steroid dienone is 2.